The Hall–Kier alpha value is -1.55. The number of carbonyl (C=O) groups excluding carboxylic acids is 1. The summed E-state index contributed by atoms with van der Waals surface area (Å²) in [6, 6.07) is 5.58. The lowest BCUT2D eigenvalue weighted by molar-refractivity contribution is 0.0351. The lowest BCUT2D eigenvalue weighted by Gasteiger charge is -2.31. The van der Waals surface area contributed by atoms with Crippen LogP contribution in [0.5, 0.6) is 0 Å². The van der Waals surface area contributed by atoms with E-state index in [0.717, 1.165) is 31.5 Å². The van der Waals surface area contributed by atoms with Crippen LogP contribution in [0.15, 0.2) is 18.2 Å². The quantitative estimate of drug-likeness (QED) is 0.812. The molecule has 1 fully saturated rings. The molecule has 4 nitrogen and oxygen atoms in total. The number of nitrogens with two attached hydrogens (primary N) is 1. The normalized spacial score (nSPS) is 16.9. The lowest BCUT2D eigenvalue weighted by atomic mass is 10.0. The highest BCUT2D eigenvalue weighted by atomic mass is 16.5. The first-order valence-electron chi connectivity index (χ1n) is 6.30. The molecule has 0 atom stereocenters. The molecule has 0 spiro atoms. The summed E-state index contributed by atoms with van der Waals surface area (Å²) in [4.78, 5) is 14.2. The van der Waals surface area contributed by atoms with E-state index in [0.29, 0.717) is 11.3 Å². The predicted octanol–water partition coefficient (Wildman–Crippen LogP) is 1.83. The Balaban J connectivity index is 2.10. The summed E-state index contributed by atoms with van der Waals surface area (Å²) >= 11 is 0. The van der Waals surface area contributed by atoms with Crippen LogP contribution < -0.4 is 5.73 Å². The van der Waals surface area contributed by atoms with E-state index in [2.05, 4.69) is 0 Å². The fraction of sp³-hybridized carbons (Fsp3) is 0.500. The zero-order chi connectivity index (χ0) is 13.1. The van der Waals surface area contributed by atoms with Crippen LogP contribution in [-0.2, 0) is 4.74 Å². The largest absolute Gasteiger partial charge is 0.398 e. The van der Waals surface area contributed by atoms with Crippen LogP contribution in [0, 0.1) is 6.92 Å². The minimum Gasteiger partial charge on any atom is -0.398 e. The molecular formula is C14H20N2O2. The van der Waals surface area contributed by atoms with Crippen molar-refractivity contribution in [1.29, 1.82) is 0 Å². The average molecular weight is 248 g/mol. The van der Waals surface area contributed by atoms with Gasteiger partial charge in [-0.15, -0.1) is 0 Å². The summed E-state index contributed by atoms with van der Waals surface area (Å²) in [5, 5.41) is 0. The van der Waals surface area contributed by atoms with E-state index in [1.54, 1.807) is 13.2 Å². The van der Waals surface area contributed by atoms with Crippen LogP contribution in [0.3, 0.4) is 0 Å². The molecule has 0 saturated carbocycles. The molecule has 18 heavy (non-hydrogen) atoms. The second-order valence-electron chi connectivity index (χ2n) is 4.82. The van der Waals surface area contributed by atoms with E-state index >= 15 is 0 Å². The maximum Gasteiger partial charge on any atom is 0.255 e. The van der Waals surface area contributed by atoms with E-state index in [4.69, 9.17) is 10.5 Å². The molecule has 1 aliphatic heterocycles. The summed E-state index contributed by atoms with van der Waals surface area (Å²) in [5.74, 6) is 0.0331. The molecule has 0 unspecified atom stereocenters. The number of nitrogens with zero attached hydrogens (tertiary/aromatic N) is 1. The number of methoxy groups -OCH3 is 1. The van der Waals surface area contributed by atoms with Gasteiger partial charge in [-0.25, -0.2) is 0 Å². The molecule has 4 heteroatoms. The Bertz CT molecular complexity index is 437. The first-order chi connectivity index (χ1) is 8.61. The molecule has 1 amide bonds. The third-order valence-corrected chi connectivity index (χ3v) is 3.50. The highest BCUT2D eigenvalue weighted by Gasteiger charge is 2.24. The fourth-order valence-corrected chi connectivity index (χ4v) is 2.32. The topological polar surface area (TPSA) is 55.6 Å². The van der Waals surface area contributed by atoms with E-state index in [9.17, 15) is 4.79 Å². The van der Waals surface area contributed by atoms with Crippen molar-refractivity contribution >= 4 is 11.6 Å². The zero-order valence-corrected chi connectivity index (χ0v) is 11.0. The standard InChI is InChI=1S/C14H20N2O2/c1-10-3-4-13(15)12(9-10)14(17)16-7-5-11(18-2)6-8-16/h3-4,9,11H,5-8,15H2,1-2H3. The van der Waals surface area contributed by atoms with Crippen molar-refractivity contribution in [2.45, 2.75) is 25.9 Å². The number of aryl methyl sites for hydroxylation is 1. The molecule has 0 bridgehead atoms. The third kappa shape index (κ3) is 2.64. The van der Waals surface area contributed by atoms with E-state index in [1.807, 2.05) is 24.0 Å². The van der Waals surface area contributed by atoms with Gasteiger partial charge in [-0.3, -0.25) is 4.79 Å². The smallest absolute Gasteiger partial charge is 0.255 e. The Morgan fingerprint density at radius 2 is 2.06 bits per heavy atom. The van der Waals surface area contributed by atoms with E-state index in [-0.39, 0.29) is 12.0 Å². The van der Waals surface area contributed by atoms with Crippen LogP contribution in [0.4, 0.5) is 5.69 Å². The number of piperidine rings is 1. The number of rotatable bonds is 2. The fourth-order valence-electron chi connectivity index (χ4n) is 2.32. The second-order valence-corrected chi connectivity index (χ2v) is 4.82. The Kier molecular flexibility index (Phi) is 3.87. The molecule has 2 rings (SSSR count). The summed E-state index contributed by atoms with van der Waals surface area (Å²) in [5.41, 5.74) is 8.10. The molecule has 2 N–H and O–H groups in total. The molecule has 1 aromatic rings. The lowest BCUT2D eigenvalue weighted by Crippen LogP contribution is -2.40. The maximum atomic E-state index is 12.4. The van der Waals surface area contributed by atoms with Crippen molar-refractivity contribution in [1.82, 2.24) is 4.90 Å². The van der Waals surface area contributed by atoms with Crippen LogP contribution in [0.1, 0.15) is 28.8 Å². The van der Waals surface area contributed by atoms with Gasteiger partial charge in [-0.05, 0) is 31.9 Å². The molecule has 1 heterocycles. The van der Waals surface area contributed by atoms with E-state index < -0.39 is 0 Å². The van der Waals surface area contributed by atoms with Gasteiger partial charge in [0.1, 0.15) is 0 Å². The van der Waals surface area contributed by atoms with Gasteiger partial charge < -0.3 is 15.4 Å². The second kappa shape index (κ2) is 5.40. The van der Waals surface area contributed by atoms with Crippen molar-refractivity contribution in [3.63, 3.8) is 0 Å². The number of nitrogen functional groups attached to an aromatic ring is 1. The number of likely N-dealkylation sites (tertiary alicyclic amines) is 1. The maximum absolute atomic E-state index is 12.4. The minimum absolute atomic E-state index is 0.0331. The molecule has 1 saturated heterocycles. The number of hydrogen-bond donors (Lipinski definition) is 1. The van der Waals surface area contributed by atoms with E-state index in [1.165, 1.54) is 0 Å². The van der Waals surface area contributed by atoms with Crippen LogP contribution in [-0.4, -0.2) is 37.1 Å². The van der Waals surface area contributed by atoms with Gasteiger partial charge in [-0.1, -0.05) is 11.6 Å². The zero-order valence-electron chi connectivity index (χ0n) is 11.0. The van der Waals surface area contributed by atoms with Gasteiger partial charge in [0.2, 0.25) is 0 Å². The van der Waals surface area contributed by atoms with Crippen molar-refractivity contribution in [3.05, 3.63) is 29.3 Å². The van der Waals surface area contributed by atoms with Gasteiger partial charge >= 0.3 is 0 Å². The first-order valence-corrected chi connectivity index (χ1v) is 6.30. The van der Waals surface area contributed by atoms with Crippen molar-refractivity contribution in [2.75, 3.05) is 25.9 Å². The molecule has 0 radical (unpaired) electrons. The summed E-state index contributed by atoms with van der Waals surface area (Å²) in [6.07, 6.45) is 2.07. The van der Waals surface area contributed by atoms with Crippen molar-refractivity contribution in [2.24, 2.45) is 0 Å². The minimum atomic E-state index is 0.0331. The van der Waals surface area contributed by atoms with Gasteiger partial charge in [0, 0.05) is 25.9 Å². The summed E-state index contributed by atoms with van der Waals surface area (Å²) in [6.45, 7) is 3.45. The van der Waals surface area contributed by atoms with Gasteiger partial charge in [0.05, 0.1) is 11.7 Å². The van der Waals surface area contributed by atoms with Crippen molar-refractivity contribution < 1.29 is 9.53 Å². The van der Waals surface area contributed by atoms with Gasteiger partial charge in [-0.2, -0.15) is 0 Å². The Morgan fingerprint density at radius 1 is 1.39 bits per heavy atom. The molecule has 1 aliphatic rings. The number of ether oxygens (including phenoxy) is 1. The number of amides is 1. The molecule has 0 aromatic heterocycles. The Morgan fingerprint density at radius 3 is 2.67 bits per heavy atom. The highest BCUT2D eigenvalue weighted by molar-refractivity contribution is 5.99. The molecule has 1 aromatic carbocycles. The summed E-state index contributed by atoms with van der Waals surface area (Å²) in [7, 11) is 1.72. The Labute approximate surface area is 108 Å². The molecular weight excluding hydrogens is 228 g/mol. The highest BCUT2D eigenvalue weighted by Crippen LogP contribution is 2.20. The predicted molar refractivity (Wildman–Crippen MR) is 71.5 cm³/mol. The number of anilines is 1. The van der Waals surface area contributed by atoms with Crippen molar-refractivity contribution in [3.8, 4) is 0 Å². The first kappa shape index (κ1) is 12.9. The van der Waals surface area contributed by atoms with Gasteiger partial charge in [0.25, 0.3) is 5.91 Å². The van der Waals surface area contributed by atoms with Crippen LogP contribution >= 0.6 is 0 Å². The van der Waals surface area contributed by atoms with Crippen LogP contribution in [0.25, 0.3) is 0 Å². The summed E-state index contributed by atoms with van der Waals surface area (Å²) < 4.78 is 5.31. The monoisotopic (exact) mass is 248 g/mol. The number of benzene rings is 1. The SMILES string of the molecule is COC1CCN(C(=O)c2cc(C)ccc2N)CC1. The molecule has 0 aliphatic carbocycles. The average Bonchev–Trinajstić information content (AvgIpc) is 2.41. The van der Waals surface area contributed by atoms with Crippen LogP contribution in [0.2, 0.25) is 0 Å². The number of carbonyl (C=O) groups is 1. The third-order valence-electron chi connectivity index (χ3n) is 3.50. The molecule has 98 valence electrons. The number of hydrogen-bond acceptors (Lipinski definition) is 3. The van der Waals surface area contributed by atoms with Gasteiger partial charge in [0.15, 0.2) is 0 Å².